The first-order chi connectivity index (χ1) is 8.59. The minimum atomic E-state index is -0.822. The van der Waals surface area contributed by atoms with Crippen LogP contribution in [0.15, 0.2) is 18.3 Å². The number of aromatic nitrogens is 1. The van der Waals surface area contributed by atoms with Gasteiger partial charge in [0.15, 0.2) is 0 Å². The number of carbonyl (C=O) groups excluding carboxylic acids is 1. The van der Waals surface area contributed by atoms with Gasteiger partial charge in [-0.3, -0.25) is 9.59 Å². The van der Waals surface area contributed by atoms with Crippen LogP contribution in [0.1, 0.15) is 42.2 Å². The molecule has 5 heteroatoms. The molecule has 1 aromatic heterocycles. The molecular weight excluding hydrogens is 232 g/mol. The Morgan fingerprint density at radius 3 is 2.83 bits per heavy atom. The fourth-order valence-electron chi connectivity index (χ4n) is 2.01. The lowest BCUT2D eigenvalue weighted by atomic mass is 10.3. The van der Waals surface area contributed by atoms with E-state index in [1.165, 1.54) is 0 Å². The van der Waals surface area contributed by atoms with Crippen molar-refractivity contribution in [2.75, 3.05) is 13.6 Å². The van der Waals surface area contributed by atoms with Gasteiger partial charge in [0.2, 0.25) is 0 Å². The molecule has 98 valence electrons. The summed E-state index contributed by atoms with van der Waals surface area (Å²) in [5, 5.41) is 8.57. The molecule has 1 aromatic rings. The molecule has 0 spiro atoms. The molecule has 0 aliphatic heterocycles. The van der Waals surface area contributed by atoms with Crippen molar-refractivity contribution >= 4 is 11.9 Å². The summed E-state index contributed by atoms with van der Waals surface area (Å²) in [5.41, 5.74) is 0.704. The molecule has 1 amide bonds. The molecule has 1 heterocycles. The molecule has 0 bridgehead atoms. The van der Waals surface area contributed by atoms with Gasteiger partial charge in [0, 0.05) is 32.3 Å². The van der Waals surface area contributed by atoms with Crippen LogP contribution in [-0.4, -0.2) is 40.0 Å². The van der Waals surface area contributed by atoms with E-state index in [1.54, 1.807) is 11.9 Å². The summed E-state index contributed by atoms with van der Waals surface area (Å²) in [6, 6.07) is 4.19. The van der Waals surface area contributed by atoms with Crippen molar-refractivity contribution in [3.8, 4) is 0 Å². The predicted molar refractivity (Wildman–Crippen MR) is 66.5 cm³/mol. The van der Waals surface area contributed by atoms with E-state index in [-0.39, 0.29) is 12.3 Å². The minimum Gasteiger partial charge on any atom is -0.481 e. The summed E-state index contributed by atoms with van der Waals surface area (Å²) in [5.74, 6) is -0.852. The van der Waals surface area contributed by atoms with Gasteiger partial charge in [-0.2, -0.15) is 0 Å². The van der Waals surface area contributed by atoms with Crippen molar-refractivity contribution in [2.45, 2.75) is 31.7 Å². The van der Waals surface area contributed by atoms with Gasteiger partial charge in [0.1, 0.15) is 5.69 Å². The number of carbonyl (C=O) groups is 2. The molecule has 18 heavy (non-hydrogen) atoms. The van der Waals surface area contributed by atoms with Gasteiger partial charge in [0.25, 0.3) is 5.91 Å². The van der Waals surface area contributed by atoms with Crippen molar-refractivity contribution in [2.24, 2.45) is 0 Å². The zero-order valence-electron chi connectivity index (χ0n) is 10.5. The molecule has 2 rings (SSSR count). The van der Waals surface area contributed by atoms with E-state index in [9.17, 15) is 9.59 Å². The van der Waals surface area contributed by atoms with Crippen molar-refractivity contribution in [1.29, 1.82) is 0 Å². The molecule has 0 unspecified atom stereocenters. The highest BCUT2D eigenvalue weighted by Gasteiger charge is 2.27. The third kappa shape index (κ3) is 2.91. The number of hydrogen-bond acceptors (Lipinski definition) is 2. The lowest BCUT2D eigenvalue weighted by Crippen LogP contribution is -2.29. The lowest BCUT2D eigenvalue weighted by molar-refractivity contribution is -0.137. The van der Waals surface area contributed by atoms with E-state index < -0.39 is 5.97 Å². The Morgan fingerprint density at radius 1 is 1.50 bits per heavy atom. The van der Waals surface area contributed by atoms with Crippen molar-refractivity contribution < 1.29 is 14.7 Å². The lowest BCUT2D eigenvalue weighted by Gasteiger charge is -2.18. The number of carboxylic acids is 1. The molecule has 0 atom stereocenters. The van der Waals surface area contributed by atoms with E-state index >= 15 is 0 Å². The van der Waals surface area contributed by atoms with Gasteiger partial charge < -0.3 is 14.6 Å². The summed E-state index contributed by atoms with van der Waals surface area (Å²) in [6.45, 7) is 0.473. The quantitative estimate of drug-likeness (QED) is 0.836. The zero-order chi connectivity index (χ0) is 13.1. The van der Waals surface area contributed by atoms with Crippen LogP contribution in [0.2, 0.25) is 0 Å². The predicted octanol–water partition coefficient (Wildman–Crippen LogP) is 1.76. The van der Waals surface area contributed by atoms with E-state index in [0.717, 1.165) is 12.8 Å². The van der Waals surface area contributed by atoms with Crippen LogP contribution >= 0.6 is 0 Å². The Hall–Kier alpha value is -1.78. The van der Waals surface area contributed by atoms with Gasteiger partial charge in [0.05, 0.1) is 0 Å². The van der Waals surface area contributed by atoms with Gasteiger partial charge in [-0.1, -0.05) is 0 Å². The Balaban J connectivity index is 1.93. The summed E-state index contributed by atoms with van der Waals surface area (Å²) in [7, 11) is 1.72. The number of hydrogen-bond donors (Lipinski definition) is 1. The van der Waals surface area contributed by atoms with Crippen LogP contribution < -0.4 is 0 Å². The average molecular weight is 250 g/mol. The number of rotatable bonds is 6. The highest BCUT2D eigenvalue weighted by atomic mass is 16.4. The van der Waals surface area contributed by atoms with Crippen molar-refractivity contribution in [3.63, 3.8) is 0 Å². The third-order valence-electron chi connectivity index (χ3n) is 3.17. The molecular formula is C13H18N2O3. The standard InChI is InChI=1S/C13H18N2O3/c1-14(8-3-5-12(16)17)13(18)11-4-2-9-15(11)10-6-7-10/h2,4,9-10H,3,5-8H2,1H3,(H,16,17). The number of nitrogens with zero attached hydrogens (tertiary/aromatic N) is 2. The number of aliphatic carboxylic acids is 1. The summed E-state index contributed by atoms with van der Waals surface area (Å²) in [4.78, 5) is 24.2. The first kappa shape index (κ1) is 12.7. The normalized spacial score (nSPS) is 14.5. The Labute approximate surface area is 106 Å². The second-order valence-corrected chi connectivity index (χ2v) is 4.76. The molecule has 1 saturated carbocycles. The van der Waals surface area contributed by atoms with Crippen LogP contribution in [0.5, 0.6) is 0 Å². The first-order valence-electron chi connectivity index (χ1n) is 6.23. The highest BCUT2D eigenvalue weighted by molar-refractivity contribution is 5.92. The summed E-state index contributed by atoms with van der Waals surface area (Å²) < 4.78 is 2.02. The fourth-order valence-corrected chi connectivity index (χ4v) is 2.01. The van der Waals surface area contributed by atoms with Crippen molar-refractivity contribution in [1.82, 2.24) is 9.47 Å². The molecule has 0 saturated heterocycles. The average Bonchev–Trinajstić information content (AvgIpc) is 3.05. The van der Waals surface area contributed by atoms with Gasteiger partial charge in [-0.25, -0.2) is 0 Å². The van der Waals surface area contributed by atoms with Crippen LogP contribution in [0.3, 0.4) is 0 Å². The molecule has 0 radical (unpaired) electrons. The van der Waals surface area contributed by atoms with Crippen LogP contribution in [0.25, 0.3) is 0 Å². The molecule has 0 aromatic carbocycles. The van der Waals surface area contributed by atoms with E-state index in [1.807, 2.05) is 22.9 Å². The third-order valence-corrected chi connectivity index (χ3v) is 3.17. The van der Waals surface area contributed by atoms with Crippen LogP contribution in [0, 0.1) is 0 Å². The molecule has 5 nitrogen and oxygen atoms in total. The Bertz CT molecular complexity index is 449. The Morgan fingerprint density at radius 2 is 2.22 bits per heavy atom. The molecule has 1 N–H and O–H groups in total. The van der Waals surface area contributed by atoms with E-state index in [4.69, 9.17) is 5.11 Å². The number of amides is 1. The maximum Gasteiger partial charge on any atom is 0.303 e. The highest BCUT2D eigenvalue weighted by Crippen LogP contribution is 2.36. The zero-order valence-corrected chi connectivity index (χ0v) is 10.5. The Kier molecular flexibility index (Phi) is 3.69. The van der Waals surface area contributed by atoms with E-state index in [2.05, 4.69) is 0 Å². The second kappa shape index (κ2) is 5.25. The maximum atomic E-state index is 12.2. The fraction of sp³-hybridized carbons (Fsp3) is 0.538. The first-order valence-corrected chi connectivity index (χ1v) is 6.23. The van der Waals surface area contributed by atoms with Crippen molar-refractivity contribution in [3.05, 3.63) is 24.0 Å². The van der Waals surface area contributed by atoms with Gasteiger partial charge in [-0.05, 0) is 31.4 Å². The molecule has 1 fully saturated rings. The second-order valence-electron chi connectivity index (χ2n) is 4.76. The topological polar surface area (TPSA) is 62.5 Å². The maximum absolute atomic E-state index is 12.2. The summed E-state index contributed by atoms with van der Waals surface area (Å²) in [6.07, 6.45) is 4.80. The molecule has 1 aliphatic carbocycles. The SMILES string of the molecule is CN(CCCC(=O)O)C(=O)c1cccn1C1CC1. The van der Waals surface area contributed by atoms with Crippen LogP contribution in [-0.2, 0) is 4.79 Å². The number of carboxylic acid groups (broad SMARTS) is 1. The van der Waals surface area contributed by atoms with Crippen LogP contribution in [0.4, 0.5) is 0 Å². The van der Waals surface area contributed by atoms with Gasteiger partial charge in [-0.15, -0.1) is 0 Å². The minimum absolute atomic E-state index is 0.0303. The van der Waals surface area contributed by atoms with E-state index in [0.29, 0.717) is 24.7 Å². The largest absolute Gasteiger partial charge is 0.481 e. The smallest absolute Gasteiger partial charge is 0.303 e. The molecule has 1 aliphatic rings. The monoisotopic (exact) mass is 250 g/mol. The summed E-state index contributed by atoms with van der Waals surface area (Å²) >= 11 is 0. The van der Waals surface area contributed by atoms with Gasteiger partial charge >= 0.3 is 5.97 Å².